The summed E-state index contributed by atoms with van der Waals surface area (Å²) in [6.07, 6.45) is 0. The van der Waals surface area contributed by atoms with Gasteiger partial charge in [0.1, 0.15) is 0 Å². The Labute approximate surface area is 90.1 Å². The molecule has 0 unspecified atom stereocenters. The summed E-state index contributed by atoms with van der Waals surface area (Å²) in [4.78, 5) is 0. The Hall–Kier alpha value is -0.850. The SMILES string of the molecule is Cc1c(I)cccc1N1CN=NN1. The van der Waals surface area contributed by atoms with Crippen LogP contribution < -0.4 is 10.5 Å². The van der Waals surface area contributed by atoms with E-state index in [9.17, 15) is 0 Å². The predicted molar refractivity (Wildman–Crippen MR) is 59.2 cm³/mol. The molecule has 0 amide bonds. The van der Waals surface area contributed by atoms with E-state index in [1.54, 1.807) is 0 Å². The average molecular weight is 288 g/mol. The van der Waals surface area contributed by atoms with Crippen molar-refractivity contribution in [3.8, 4) is 0 Å². The van der Waals surface area contributed by atoms with Crippen molar-refractivity contribution in [2.75, 3.05) is 11.7 Å². The van der Waals surface area contributed by atoms with Gasteiger partial charge < -0.3 is 0 Å². The Bertz CT molecular complexity index is 342. The van der Waals surface area contributed by atoms with Crippen LogP contribution in [0.4, 0.5) is 5.69 Å². The van der Waals surface area contributed by atoms with Crippen molar-refractivity contribution in [3.63, 3.8) is 0 Å². The van der Waals surface area contributed by atoms with E-state index in [1.165, 1.54) is 9.13 Å². The molecule has 13 heavy (non-hydrogen) atoms. The molecular weight excluding hydrogens is 279 g/mol. The predicted octanol–water partition coefficient (Wildman–Crippen LogP) is 2.25. The first kappa shape index (κ1) is 8.74. The number of rotatable bonds is 1. The molecule has 4 nitrogen and oxygen atoms in total. The smallest absolute Gasteiger partial charge is 0.154 e. The Morgan fingerprint density at radius 2 is 2.38 bits per heavy atom. The van der Waals surface area contributed by atoms with E-state index in [0.29, 0.717) is 6.67 Å². The van der Waals surface area contributed by atoms with Gasteiger partial charge in [-0.2, -0.15) is 5.53 Å². The van der Waals surface area contributed by atoms with Crippen molar-refractivity contribution < 1.29 is 0 Å². The fraction of sp³-hybridized carbons (Fsp3) is 0.250. The van der Waals surface area contributed by atoms with Crippen LogP contribution in [0.15, 0.2) is 28.5 Å². The Balaban J connectivity index is 2.34. The van der Waals surface area contributed by atoms with Crippen molar-refractivity contribution in [2.24, 2.45) is 10.3 Å². The van der Waals surface area contributed by atoms with E-state index >= 15 is 0 Å². The largest absolute Gasteiger partial charge is 0.247 e. The summed E-state index contributed by atoms with van der Waals surface area (Å²) in [6, 6.07) is 6.18. The van der Waals surface area contributed by atoms with Crippen LogP contribution in [-0.2, 0) is 0 Å². The molecule has 1 aromatic rings. The van der Waals surface area contributed by atoms with Crippen molar-refractivity contribution in [2.45, 2.75) is 6.92 Å². The summed E-state index contributed by atoms with van der Waals surface area (Å²) in [5.74, 6) is 0. The molecule has 0 bridgehead atoms. The van der Waals surface area contributed by atoms with Gasteiger partial charge in [-0.25, -0.2) is 5.01 Å². The number of hydrazine groups is 1. The quantitative estimate of drug-likeness (QED) is 0.805. The summed E-state index contributed by atoms with van der Waals surface area (Å²) in [5.41, 5.74) is 5.22. The zero-order chi connectivity index (χ0) is 9.26. The van der Waals surface area contributed by atoms with Gasteiger partial charge in [-0.15, -0.1) is 5.11 Å². The number of benzene rings is 1. The first-order valence-corrected chi connectivity index (χ1v) is 5.02. The Kier molecular flexibility index (Phi) is 2.34. The van der Waals surface area contributed by atoms with E-state index < -0.39 is 0 Å². The van der Waals surface area contributed by atoms with E-state index in [-0.39, 0.29) is 0 Å². The Morgan fingerprint density at radius 1 is 1.54 bits per heavy atom. The highest BCUT2D eigenvalue weighted by Gasteiger charge is 2.12. The minimum atomic E-state index is 0.584. The zero-order valence-corrected chi connectivity index (χ0v) is 9.32. The lowest BCUT2D eigenvalue weighted by Crippen LogP contribution is -2.30. The van der Waals surface area contributed by atoms with E-state index in [4.69, 9.17) is 0 Å². The lowest BCUT2D eigenvalue weighted by atomic mass is 10.2. The number of anilines is 1. The molecule has 0 saturated carbocycles. The molecule has 1 aromatic carbocycles. The van der Waals surface area contributed by atoms with Gasteiger partial charge in [-0.3, -0.25) is 0 Å². The number of nitrogens with zero attached hydrogens (tertiary/aromatic N) is 3. The lowest BCUT2D eigenvalue weighted by Gasteiger charge is -2.17. The number of hydrogen-bond acceptors (Lipinski definition) is 4. The van der Waals surface area contributed by atoms with Crippen molar-refractivity contribution in [1.29, 1.82) is 0 Å². The molecule has 0 fully saturated rings. The van der Waals surface area contributed by atoms with Gasteiger partial charge in [-0.05, 0) is 47.2 Å². The van der Waals surface area contributed by atoms with Crippen LogP contribution in [0.25, 0.3) is 0 Å². The van der Waals surface area contributed by atoms with E-state index in [0.717, 1.165) is 5.69 Å². The van der Waals surface area contributed by atoms with Gasteiger partial charge in [0.2, 0.25) is 0 Å². The monoisotopic (exact) mass is 288 g/mol. The minimum absolute atomic E-state index is 0.584. The van der Waals surface area contributed by atoms with Gasteiger partial charge in [0.05, 0.1) is 5.69 Å². The minimum Gasteiger partial charge on any atom is -0.247 e. The van der Waals surface area contributed by atoms with E-state index in [1.807, 2.05) is 11.1 Å². The van der Waals surface area contributed by atoms with Crippen LogP contribution in [-0.4, -0.2) is 6.67 Å². The van der Waals surface area contributed by atoms with Crippen LogP contribution in [0.1, 0.15) is 5.56 Å². The van der Waals surface area contributed by atoms with Crippen LogP contribution in [0, 0.1) is 10.5 Å². The highest BCUT2D eigenvalue weighted by molar-refractivity contribution is 14.1. The topological polar surface area (TPSA) is 40.0 Å². The highest BCUT2D eigenvalue weighted by atomic mass is 127. The number of hydrogen-bond donors (Lipinski definition) is 1. The summed E-state index contributed by atoms with van der Waals surface area (Å²) < 4.78 is 1.25. The maximum Gasteiger partial charge on any atom is 0.154 e. The third kappa shape index (κ3) is 1.60. The fourth-order valence-electron chi connectivity index (χ4n) is 1.23. The molecule has 1 aliphatic rings. The first-order chi connectivity index (χ1) is 6.29. The molecule has 0 aromatic heterocycles. The highest BCUT2D eigenvalue weighted by Crippen LogP contribution is 2.23. The molecule has 0 radical (unpaired) electrons. The summed E-state index contributed by atoms with van der Waals surface area (Å²) >= 11 is 2.32. The molecule has 0 spiro atoms. The standard InChI is InChI=1S/C8H9IN4/c1-6-7(9)3-2-4-8(6)13-5-10-11-12-13/h2-4H,5H2,1H3,(H,10,12). The summed E-state index contributed by atoms with van der Waals surface area (Å²) in [7, 11) is 0. The number of halogens is 1. The molecule has 1 heterocycles. The van der Waals surface area contributed by atoms with Crippen LogP contribution in [0.3, 0.4) is 0 Å². The first-order valence-electron chi connectivity index (χ1n) is 3.94. The average Bonchev–Trinajstić information content (AvgIpc) is 2.62. The fourth-order valence-corrected chi connectivity index (χ4v) is 1.71. The second-order valence-electron chi connectivity index (χ2n) is 2.79. The molecule has 0 aliphatic carbocycles. The molecule has 1 aliphatic heterocycles. The maximum absolute atomic E-state index is 3.85. The van der Waals surface area contributed by atoms with Gasteiger partial charge in [0, 0.05) is 3.57 Å². The van der Waals surface area contributed by atoms with Crippen molar-refractivity contribution in [3.05, 3.63) is 27.3 Å². The Morgan fingerprint density at radius 3 is 3.08 bits per heavy atom. The van der Waals surface area contributed by atoms with Crippen molar-refractivity contribution >= 4 is 28.3 Å². The van der Waals surface area contributed by atoms with Gasteiger partial charge in [0.15, 0.2) is 6.67 Å². The third-order valence-corrected chi connectivity index (χ3v) is 3.14. The van der Waals surface area contributed by atoms with Gasteiger partial charge in [-0.1, -0.05) is 11.3 Å². The maximum atomic E-state index is 3.85. The normalized spacial score (nSPS) is 14.8. The molecular formula is C8H9IN4. The summed E-state index contributed by atoms with van der Waals surface area (Å²) in [6.45, 7) is 2.68. The van der Waals surface area contributed by atoms with Crippen molar-refractivity contribution in [1.82, 2.24) is 5.53 Å². The van der Waals surface area contributed by atoms with Gasteiger partial charge in [0.25, 0.3) is 0 Å². The molecule has 5 heteroatoms. The number of nitrogens with one attached hydrogen (secondary N) is 1. The molecule has 0 saturated heterocycles. The second-order valence-corrected chi connectivity index (χ2v) is 3.96. The zero-order valence-electron chi connectivity index (χ0n) is 7.16. The molecule has 1 N–H and O–H groups in total. The molecule has 68 valence electrons. The molecule has 0 atom stereocenters. The van der Waals surface area contributed by atoms with Crippen LogP contribution >= 0.6 is 22.6 Å². The lowest BCUT2D eigenvalue weighted by molar-refractivity contribution is 0.746. The van der Waals surface area contributed by atoms with Crippen LogP contribution in [0.2, 0.25) is 0 Å². The third-order valence-electron chi connectivity index (χ3n) is 1.97. The van der Waals surface area contributed by atoms with Crippen LogP contribution in [0.5, 0.6) is 0 Å². The van der Waals surface area contributed by atoms with E-state index in [2.05, 4.69) is 57.5 Å². The second kappa shape index (κ2) is 3.49. The van der Waals surface area contributed by atoms with Gasteiger partial charge >= 0.3 is 0 Å². The summed E-state index contributed by atoms with van der Waals surface area (Å²) in [5, 5.41) is 9.47. The molecule has 2 rings (SSSR count).